The lowest BCUT2D eigenvalue weighted by atomic mass is 9.94. The second-order valence-corrected chi connectivity index (χ2v) is 9.29. The van der Waals surface area contributed by atoms with E-state index in [4.69, 9.17) is 21.4 Å². The van der Waals surface area contributed by atoms with Gasteiger partial charge in [-0.3, -0.25) is 9.48 Å². The van der Waals surface area contributed by atoms with E-state index in [1.807, 2.05) is 0 Å². The zero-order chi connectivity index (χ0) is 22.0. The number of nitrogens with zero attached hydrogens (tertiary/aromatic N) is 2. The molecule has 162 valence electrons. The number of hydrogen-bond acceptors (Lipinski definition) is 5. The molecule has 0 saturated heterocycles. The molecular weight excluding hydrogens is 442 g/mol. The summed E-state index contributed by atoms with van der Waals surface area (Å²) in [5.41, 5.74) is 1.47. The van der Waals surface area contributed by atoms with Gasteiger partial charge in [-0.2, -0.15) is 5.10 Å². The normalized spacial score (nSPS) is 16.0. The molecule has 10 heteroatoms. The number of hydrogen-bond donors (Lipinski definition) is 2. The molecule has 0 amide bonds. The van der Waals surface area contributed by atoms with Crippen molar-refractivity contribution in [3.8, 4) is 11.5 Å². The lowest BCUT2D eigenvalue weighted by Crippen LogP contribution is -2.31. The first kappa shape index (κ1) is 21.4. The summed E-state index contributed by atoms with van der Waals surface area (Å²) >= 11 is 6.09. The zero-order valence-corrected chi connectivity index (χ0v) is 17.9. The third-order valence-electron chi connectivity index (χ3n) is 5.04. The van der Waals surface area contributed by atoms with E-state index in [0.717, 1.165) is 17.7 Å². The second kappa shape index (κ2) is 8.70. The fourth-order valence-electron chi connectivity index (χ4n) is 3.60. The summed E-state index contributed by atoms with van der Waals surface area (Å²) in [6.45, 7) is -0.248. The monoisotopic (exact) mass is 461 g/mol. The Hall–Kier alpha value is -2.88. The fraction of sp³-hybridized carbons (Fsp3) is 0.238. The van der Waals surface area contributed by atoms with E-state index in [-0.39, 0.29) is 11.4 Å². The predicted molar refractivity (Wildman–Crippen MR) is 114 cm³/mol. The van der Waals surface area contributed by atoms with Gasteiger partial charge in [0.1, 0.15) is 18.0 Å². The first-order valence-corrected chi connectivity index (χ1v) is 11.5. The van der Waals surface area contributed by atoms with Gasteiger partial charge in [0.25, 0.3) is 0 Å². The lowest BCUT2D eigenvalue weighted by molar-refractivity contribution is -0.137. The number of aliphatic carboxylic acids is 1. The van der Waals surface area contributed by atoms with Crippen molar-refractivity contribution in [2.45, 2.75) is 36.7 Å². The van der Waals surface area contributed by atoms with E-state index in [1.54, 1.807) is 42.6 Å². The molecule has 1 atom stereocenters. The largest absolute Gasteiger partial charge is 0.480 e. The summed E-state index contributed by atoms with van der Waals surface area (Å²) in [5, 5.41) is 13.6. The minimum atomic E-state index is -3.80. The highest BCUT2D eigenvalue weighted by atomic mass is 35.5. The number of carbonyl (C=O) groups is 1. The van der Waals surface area contributed by atoms with Crippen molar-refractivity contribution >= 4 is 27.6 Å². The number of rotatable bonds is 7. The first-order chi connectivity index (χ1) is 14.8. The van der Waals surface area contributed by atoms with Crippen LogP contribution in [-0.4, -0.2) is 29.3 Å². The average Bonchev–Trinajstić information content (AvgIpc) is 3.13. The molecule has 1 aliphatic rings. The van der Waals surface area contributed by atoms with Crippen LogP contribution in [0, 0.1) is 0 Å². The van der Waals surface area contributed by atoms with Crippen LogP contribution in [0.2, 0.25) is 5.02 Å². The van der Waals surface area contributed by atoms with Gasteiger partial charge in [-0.05, 0) is 55.7 Å². The molecule has 3 aromatic rings. The summed E-state index contributed by atoms with van der Waals surface area (Å²) < 4.78 is 35.7. The molecule has 31 heavy (non-hydrogen) atoms. The van der Waals surface area contributed by atoms with Crippen LogP contribution in [0.3, 0.4) is 0 Å². The number of aromatic nitrogens is 2. The van der Waals surface area contributed by atoms with Gasteiger partial charge in [0.2, 0.25) is 10.0 Å². The Labute approximate surface area is 184 Å². The van der Waals surface area contributed by atoms with Gasteiger partial charge in [-0.1, -0.05) is 23.7 Å². The van der Waals surface area contributed by atoms with Gasteiger partial charge in [0, 0.05) is 11.3 Å². The Kier molecular flexibility index (Phi) is 5.99. The molecule has 0 saturated carbocycles. The third kappa shape index (κ3) is 4.73. The van der Waals surface area contributed by atoms with Crippen molar-refractivity contribution in [2.24, 2.45) is 0 Å². The van der Waals surface area contributed by atoms with Gasteiger partial charge >= 0.3 is 5.97 Å². The molecule has 1 heterocycles. The average molecular weight is 462 g/mol. The van der Waals surface area contributed by atoms with Crippen molar-refractivity contribution in [1.29, 1.82) is 0 Å². The number of fused-ring (bicyclic) bond motifs is 1. The number of para-hydroxylation sites is 1. The van der Waals surface area contributed by atoms with Gasteiger partial charge in [0.05, 0.1) is 22.2 Å². The van der Waals surface area contributed by atoms with Crippen molar-refractivity contribution in [3.63, 3.8) is 0 Å². The van der Waals surface area contributed by atoms with Crippen LogP contribution in [-0.2, 0) is 27.8 Å². The summed E-state index contributed by atoms with van der Waals surface area (Å²) in [5.74, 6) is -0.0549. The molecule has 1 aromatic heterocycles. The summed E-state index contributed by atoms with van der Waals surface area (Å²) in [4.78, 5) is 11.1. The number of sulfonamides is 1. The van der Waals surface area contributed by atoms with E-state index in [9.17, 15) is 13.2 Å². The Bertz CT molecular complexity index is 1210. The molecule has 1 unspecified atom stereocenters. The highest BCUT2D eigenvalue weighted by molar-refractivity contribution is 7.89. The molecule has 0 radical (unpaired) electrons. The Morgan fingerprint density at radius 1 is 1.23 bits per heavy atom. The maximum absolute atomic E-state index is 12.9. The van der Waals surface area contributed by atoms with E-state index >= 15 is 0 Å². The SMILES string of the molecule is O=C(O)Cn1ncc2c1CCCC2NS(=O)(=O)c1ccc(Oc2ccccc2Cl)cc1. The number of nitrogens with one attached hydrogen (secondary N) is 1. The second-order valence-electron chi connectivity index (χ2n) is 7.17. The highest BCUT2D eigenvalue weighted by Gasteiger charge is 2.29. The van der Waals surface area contributed by atoms with Crippen LogP contribution in [0.1, 0.15) is 30.1 Å². The van der Waals surface area contributed by atoms with E-state index in [1.165, 1.54) is 16.8 Å². The van der Waals surface area contributed by atoms with Crippen LogP contribution in [0.5, 0.6) is 11.5 Å². The first-order valence-electron chi connectivity index (χ1n) is 9.64. The topological polar surface area (TPSA) is 111 Å². The van der Waals surface area contributed by atoms with Crippen LogP contribution in [0.15, 0.2) is 59.6 Å². The molecule has 8 nitrogen and oxygen atoms in total. The van der Waals surface area contributed by atoms with Crippen molar-refractivity contribution < 1.29 is 23.1 Å². The number of ether oxygens (including phenoxy) is 1. The zero-order valence-electron chi connectivity index (χ0n) is 16.4. The summed E-state index contributed by atoms with van der Waals surface area (Å²) in [7, 11) is -3.80. The van der Waals surface area contributed by atoms with Crippen LogP contribution in [0.4, 0.5) is 0 Å². The Balaban J connectivity index is 1.50. The van der Waals surface area contributed by atoms with Crippen LogP contribution in [0.25, 0.3) is 0 Å². The van der Waals surface area contributed by atoms with E-state index < -0.39 is 22.0 Å². The Morgan fingerprint density at radius 3 is 2.68 bits per heavy atom. The number of benzene rings is 2. The molecule has 0 spiro atoms. The van der Waals surface area contributed by atoms with Crippen LogP contribution < -0.4 is 9.46 Å². The van der Waals surface area contributed by atoms with Gasteiger partial charge in [-0.15, -0.1) is 0 Å². The highest BCUT2D eigenvalue weighted by Crippen LogP contribution is 2.32. The van der Waals surface area contributed by atoms with Gasteiger partial charge < -0.3 is 9.84 Å². The maximum Gasteiger partial charge on any atom is 0.325 e. The predicted octanol–water partition coefficient (Wildman–Crippen LogP) is 3.77. The quantitative estimate of drug-likeness (QED) is 0.554. The molecule has 2 aromatic carbocycles. The van der Waals surface area contributed by atoms with E-state index in [0.29, 0.717) is 29.4 Å². The molecule has 0 aliphatic heterocycles. The molecule has 4 rings (SSSR count). The van der Waals surface area contributed by atoms with Crippen molar-refractivity contribution in [1.82, 2.24) is 14.5 Å². The maximum atomic E-state index is 12.9. The standard InChI is InChI=1S/C21H20ClN3O5S/c22-17-4-1-2-7-20(17)30-14-8-10-15(11-9-14)31(28,29)24-18-5-3-6-19-16(18)12-23-25(19)13-21(26)27/h1-2,4,7-12,18,24H,3,5-6,13H2,(H,26,27). The van der Waals surface area contributed by atoms with Gasteiger partial charge in [0.15, 0.2) is 0 Å². The fourth-order valence-corrected chi connectivity index (χ4v) is 5.03. The third-order valence-corrected chi connectivity index (χ3v) is 6.84. The molecule has 0 bridgehead atoms. The molecular formula is C21H20ClN3O5S. The number of carboxylic acid groups (broad SMARTS) is 1. The smallest absolute Gasteiger partial charge is 0.325 e. The van der Waals surface area contributed by atoms with Crippen molar-refractivity contribution in [2.75, 3.05) is 0 Å². The van der Waals surface area contributed by atoms with E-state index in [2.05, 4.69) is 9.82 Å². The summed E-state index contributed by atoms with van der Waals surface area (Å²) in [6.07, 6.45) is 3.55. The minimum Gasteiger partial charge on any atom is -0.480 e. The molecule has 1 aliphatic carbocycles. The molecule has 2 N–H and O–H groups in total. The van der Waals surface area contributed by atoms with Crippen molar-refractivity contribution in [3.05, 3.63) is 71.0 Å². The molecule has 0 fully saturated rings. The lowest BCUT2D eigenvalue weighted by Gasteiger charge is -2.24. The van der Waals surface area contributed by atoms with Crippen LogP contribution >= 0.6 is 11.6 Å². The summed E-state index contributed by atoms with van der Waals surface area (Å²) in [6, 6.07) is 12.6. The number of carboxylic acids is 1. The van der Waals surface area contributed by atoms with Gasteiger partial charge in [-0.25, -0.2) is 13.1 Å². The Morgan fingerprint density at radius 2 is 1.97 bits per heavy atom. The minimum absolute atomic E-state index is 0.101. The number of halogens is 1.